The second kappa shape index (κ2) is 3.50. The van der Waals surface area contributed by atoms with E-state index in [-0.39, 0.29) is 0 Å². The molecule has 1 aromatic heterocycles. The fourth-order valence-electron chi connectivity index (χ4n) is 2.48. The Morgan fingerprint density at radius 1 is 1.47 bits per heavy atom. The lowest BCUT2D eigenvalue weighted by Crippen LogP contribution is -2.01. The van der Waals surface area contributed by atoms with Crippen molar-refractivity contribution in [2.75, 3.05) is 0 Å². The Hall–Kier alpha value is -1.48. The van der Waals surface area contributed by atoms with Gasteiger partial charge in [0.15, 0.2) is 0 Å². The van der Waals surface area contributed by atoms with Crippen LogP contribution in [0.15, 0.2) is 18.2 Å². The van der Waals surface area contributed by atoms with Crippen LogP contribution in [-0.2, 0) is 0 Å². The first kappa shape index (κ1) is 10.7. The summed E-state index contributed by atoms with van der Waals surface area (Å²) < 4.78 is 2.12. The van der Waals surface area contributed by atoms with Crippen molar-refractivity contribution in [1.29, 1.82) is 0 Å². The van der Waals surface area contributed by atoms with Crippen LogP contribution in [0.2, 0.25) is 5.02 Å². The third kappa shape index (κ3) is 1.53. The molecule has 1 fully saturated rings. The highest BCUT2D eigenvalue weighted by molar-refractivity contribution is 6.31. The molecule has 88 valence electrons. The van der Waals surface area contributed by atoms with E-state index >= 15 is 0 Å². The molecule has 1 aliphatic carbocycles. The monoisotopic (exact) mass is 249 g/mol. The SMILES string of the molecule is Cc1c(C(=O)O)c2ccc(Cl)cc2n1C1CC1. The van der Waals surface area contributed by atoms with Crippen LogP contribution >= 0.6 is 11.6 Å². The molecule has 0 atom stereocenters. The van der Waals surface area contributed by atoms with Crippen molar-refractivity contribution in [3.8, 4) is 0 Å². The predicted molar refractivity (Wildman–Crippen MR) is 66.9 cm³/mol. The smallest absolute Gasteiger partial charge is 0.338 e. The van der Waals surface area contributed by atoms with E-state index < -0.39 is 5.97 Å². The number of halogens is 1. The van der Waals surface area contributed by atoms with E-state index in [1.54, 1.807) is 12.1 Å². The van der Waals surface area contributed by atoms with Crippen molar-refractivity contribution in [3.63, 3.8) is 0 Å². The van der Waals surface area contributed by atoms with E-state index in [1.807, 2.05) is 13.0 Å². The molecule has 0 spiro atoms. The lowest BCUT2D eigenvalue weighted by atomic mass is 10.1. The van der Waals surface area contributed by atoms with E-state index in [0.29, 0.717) is 16.6 Å². The van der Waals surface area contributed by atoms with Gasteiger partial charge in [0.25, 0.3) is 0 Å². The predicted octanol–water partition coefficient (Wildman–Crippen LogP) is 3.64. The molecule has 2 aromatic rings. The van der Waals surface area contributed by atoms with Gasteiger partial charge >= 0.3 is 5.97 Å². The highest BCUT2D eigenvalue weighted by Crippen LogP contribution is 2.41. The average Bonchev–Trinajstić information content (AvgIpc) is 3.02. The normalized spacial score (nSPS) is 15.4. The highest BCUT2D eigenvalue weighted by atomic mass is 35.5. The van der Waals surface area contributed by atoms with Crippen LogP contribution in [-0.4, -0.2) is 15.6 Å². The van der Waals surface area contributed by atoms with Crippen LogP contribution in [0.25, 0.3) is 10.9 Å². The fourth-order valence-corrected chi connectivity index (χ4v) is 2.65. The summed E-state index contributed by atoms with van der Waals surface area (Å²) in [5, 5.41) is 10.7. The Morgan fingerprint density at radius 3 is 2.76 bits per heavy atom. The van der Waals surface area contributed by atoms with E-state index in [1.165, 1.54) is 0 Å². The molecule has 1 aromatic carbocycles. The van der Waals surface area contributed by atoms with Gasteiger partial charge in [-0.2, -0.15) is 0 Å². The zero-order valence-corrected chi connectivity index (χ0v) is 10.2. The summed E-state index contributed by atoms with van der Waals surface area (Å²) in [5.41, 5.74) is 2.18. The number of benzene rings is 1. The first-order chi connectivity index (χ1) is 8.09. The van der Waals surface area contributed by atoms with Crippen LogP contribution < -0.4 is 0 Å². The Kier molecular flexibility index (Phi) is 2.20. The summed E-state index contributed by atoms with van der Waals surface area (Å²) in [6.45, 7) is 1.87. The van der Waals surface area contributed by atoms with Crippen molar-refractivity contribution < 1.29 is 9.90 Å². The molecule has 1 saturated carbocycles. The maximum atomic E-state index is 11.3. The topological polar surface area (TPSA) is 42.2 Å². The summed E-state index contributed by atoms with van der Waals surface area (Å²) in [7, 11) is 0. The van der Waals surface area contributed by atoms with Crippen molar-refractivity contribution in [1.82, 2.24) is 4.57 Å². The van der Waals surface area contributed by atoms with Gasteiger partial charge in [-0.05, 0) is 31.9 Å². The third-order valence-corrected chi connectivity index (χ3v) is 3.57. The molecule has 0 bridgehead atoms. The van der Waals surface area contributed by atoms with Gasteiger partial charge in [0.2, 0.25) is 0 Å². The average molecular weight is 250 g/mol. The number of carbonyl (C=O) groups is 1. The fraction of sp³-hybridized carbons (Fsp3) is 0.308. The zero-order chi connectivity index (χ0) is 12.2. The van der Waals surface area contributed by atoms with Gasteiger partial charge in [-0.3, -0.25) is 0 Å². The Bertz CT molecular complexity index is 626. The first-order valence-electron chi connectivity index (χ1n) is 5.63. The lowest BCUT2D eigenvalue weighted by molar-refractivity contribution is 0.0698. The van der Waals surface area contributed by atoms with Crippen LogP contribution in [0.4, 0.5) is 0 Å². The zero-order valence-electron chi connectivity index (χ0n) is 9.40. The number of carboxylic acid groups (broad SMARTS) is 1. The van der Waals surface area contributed by atoms with Crippen LogP contribution in [0.1, 0.15) is 34.9 Å². The standard InChI is InChI=1S/C13H12ClNO2/c1-7-12(13(16)17)10-5-2-8(14)6-11(10)15(7)9-3-4-9/h2,5-6,9H,3-4H2,1H3,(H,16,17). The van der Waals surface area contributed by atoms with Crippen molar-refractivity contribution in [3.05, 3.63) is 34.5 Å². The van der Waals surface area contributed by atoms with Crippen molar-refractivity contribution in [2.45, 2.75) is 25.8 Å². The van der Waals surface area contributed by atoms with Crippen molar-refractivity contribution >= 4 is 28.5 Å². The Morgan fingerprint density at radius 2 is 2.18 bits per heavy atom. The molecule has 17 heavy (non-hydrogen) atoms. The van der Waals surface area contributed by atoms with Crippen LogP contribution in [0.5, 0.6) is 0 Å². The molecule has 1 heterocycles. The number of carboxylic acids is 1. The Balaban J connectivity index is 2.41. The molecule has 0 unspecified atom stereocenters. The molecule has 3 rings (SSSR count). The summed E-state index contributed by atoms with van der Waals surface area (Å²) >= 11 is 6.00. The van der Waals surface area contributed by atoms with E-state index in [4.69, 9.17) is 11.6 Å². The number of hydrogen-bond acceptors (Lipinski definition) is 1. The number of nitrogens with zero attached hydrogens (tertiary/aromatic N) is 1. The van der Waals surface area contributed by atoms with Crippen LogP contribution in [0.3, 0.4) is 0 Å². The van der Waals surface area contributed by atoms with Gasteiger partial charge in [-0.25, -0.2) is 4.79 Å². The van der Waals surface area contributed by atoms with E-state index in [0.717, 1.165) is 29.4 Å². The van der Waals surface area contributed by atoms with Gasteiger partial charge < -0.3 is 9.67 Å². The second-order valence-corrected chi connectivity index (χ2v) is 4.96. The number of fused-ring (bicyclic) bond motifs is 1. The quantitative estimate of drug-likeness (QED) is 0.883. The van der Waals surface area contributed by atoms with E-state index in [2.05, 4.69) is 4.57 Å². The van der Waals surface area contributed by atoms with Crippen molar-refractivity contribution in [2.24, 2.45) is 0 Å². The van der Waals surface area contributed by atoms with E-state index in [9.17, 15) is 9.90 Å². The molecule has 1 aliphatic rings. The molecule has 0 aliphatic heterocycles. The maximum absolute atomic E-state index is 11.3. The number of aromatic nitrogens is 1. The second-order valence-electron chi connectivity index (χ2n) is 4.53. The molecule has 0 amide bonds. The number of hydrogen-bond donors (Lipinski definition) is 1. The van der Waals surface area contributed by atoms with Gasteiger partial charge in [0.1, 0.15) is 0 Å². The number of aromatic carboxylic acids is 1. The maximum Gasteiger partial charge on any atom is 0.338 e. The summed E-state index contributed by atoms with van der Waals surface area (Å²) in [6, 6.07) is 5.85. The van der Waals surface area contributed by atoms with Crippen LogP contribution in [0, 0.1) is 6.92 Å². The minimum absolute atomic E-state index is 0.406. The minimum Gasteiger partial charge on any atom is -0.478 e. The minimum atomic E-state index is -0.866. The first-order valence-corrected chi connectivity index (χ1v) is 6.00. The van der Waals surface area contributed by atoms with Gasteiger partial charge in [0.05, 0.1) is 11.1 Å². The molecule has 0 saturated heterocycles. The summed E-state index contributed by atoms with van der Waals surface area (Å²) in [5.74, 6) is -0.866. The lowest BCUT2D eigenvalue weighted by Gasteiger charge is -2.05. The van der Waals surface area contributed by atoms with Gasteiger partial charge in [0, 0.05) is 22.1 Å². The van der Waals surface area contributed by atoms with Gasteiger partial charge in [-0.15, -0.1) is 0 Å². The largest absolute Gasteiger partial charge is 0.478 e. The summed E-state index contributed by atoms with van der Waals surface area (Å²) in [6.07, 6.45) is 2.24. The molecule has 4 heteroatoms. The van der Waals surface area contributed by atoms with Gasteiger partial charge in [-0.1, -0.05) is 17.7 Å². The Labute approximate surface area is 104 Å². The molecular weight excluding hydrogens is 238 g/mol. The highest BCUT2D eigenvalue weighted by Gasteiger charge is 2.29. The molecule has 3 nitrogen and oxygen atoms in total. The number of rotatable bonds is 2. The summed E-state index contributed by atoms with van der Waals surface area (Å²) in [4.78, 5) is 11.3. The molecule has 0 radical (unpaired) electrons. The molecular formula is C13H12ClNO2. The third-order valence-electron chi connectivity index (χ3n) is 3.34. The molecule has 1 N–H and O–H groups in total.